The van der Waals surface area contributed by atoms with Gasteiger partial charge in [0, 0.05) is 11.6 Å². The third-order valence-electron chi connectivity index (χ3n) is 2.48. The molecule has 0 unspecified atom stereocenters. The van der Waals surface area contributed by atoms with E-state index in [0.29, 0.717) is 5.56 Å². The highest BCUT2D eigenvalue weighted by atomic mass is 16.6. The first-order chi connectivity index (χ1) is 6.88. The van der Waals surface area contributed by atoms with Crippen LogP contribution < -0.4 is 5.32 Å². The molecule has 0 heterocycles. The van der Waals surface area contributed by atoms with E-state index in [0.717, 1.165) is 0 Å². The second kappa shape index (κ2) is 3.86. The molecule has 5 heteroatoms. The zero-order chi connectivity index (χ0) is 11.6. The van der Waals surface area contributed by atoms with Crippen LogP contribution >= 0.6 is 0 Å². The number of aromatic hydroxyl groups is 1. The van der Waals surface area contributed by atoms with Crippen molar-refractivity contribution in [2.45, 2.75) is 19.4 Å². The molecule has 0 saturated carbocycles. The van der Waals surface area contributed by atoms with Crippen molar-refractivity contribution in [1.29, 1.82) is 0 Å². The molecule has 0 radical (unpaired) electrons. The quantitative estimate of drug-likeness (QED) is 0.588. The van der Waals surface area contributed by atoms with Crippen molar-refractivity contribution in [2.75, 3.05) is 7.05 Å². The standard InChI is InChI=1S/C10H14N2O3/c1-10(2,11-3)8-6-7(13)4-5-9(8)12(14)15/h4-6,11,13H,1-3H3. The summed E-state index contributed by atoms with van der Waals surface area (Å²) in [6.07, 6.45) is 0. The van der Waals surface area contributed by atoms with Gasteiger partial charge in [-0.3, -0.25) is 10.1 Å². The summed E-state index contributed by atoms with van der Waals surface area (Å²) >= 11 is 0. The molecule has 0 amide bonds. The minimum atomic E-state index is -0.554. The zero-order valence-corrected chi connectivity index (χ0v) is 8.94. The van der Waals surface area contributed by atoms with Crippen molar-refractivity contribution in [3.05, 3.63) is 33.9 Å². The first-order valence-corrected chi connectivity index (χ1v) is 4.55. The van der Waals surface area contributed by atoms with Crippen LogP contribution in [0.2, 0.25) is 0 Å². The van der Waals surface area contributed by atoms with Crippen LogP contribution in [0.1, 0.15) is 19.4 Å². The van der Waals surface area contributed by atoms with E-state index >= 15 is 0 Å². The molecule has 0 fully saturated rings. The van der Waals surface area contributed by atoms with Gasteiger partial charge in [-0.25, -0.2) is 0 Å². The second-order valence-corrected chi connectivity index (χ2v) is 3.83. The number of nitrogens with zero attached hydrogens (tertiary/aromatic N) is 1. The lowest BCUT2D eigenvalue weighted by Crippen LogP contribution is -2.33. The lowest BCUT2D eigenvalue weighted by molar-refractivity contribution is -0.386. The molecule has 1 aromatic carbocycles. The van der Waals surface area contributed by atoms with Crippen LogP contribution in [0.4, 0.5) is 5.69 Å². The Labute approximate surface area is 87.9 Å². The Morgan fingerprint density at radius 2 is 2.07 bits per heavy atom. The second-order valence-electron chi connectivity index (χ2n) is 3.83. The zero-order valence-electron chi connectivity index (χ0n) is 8.94. The highest BCUT2D eigenvalue weighted by Gasteiger charge is 2.27. The lowest BCUT2D eigenvalue weighted by Gasteiger charge is -2.24. The highest BCUT2D eigenvalue weighted by molar-refractivity contribution is 5.48. The van der Waals surface area contributed by atoms with Gasteiger partial charge >= 0.3 is 0 Å². The monoisotopic (exact) mass is 210 g/mol. The number of phenolic OH excluding ortho intramolecular Hbond substituents is 1. The molecule has 0 aromatic heterocycles. The van der Waals surface area contributed by atoms with Crippen molar-refractivity contribution in [3.8, 4) is 5.75 Å². The minimum Gasteiger partial charge on any atom is -0.508 e. The molecule has 0 saturated heterocycles. The highest BCUT2D eigenvalue weighted by Crippen LogP contribution is 2.31. The van der Waals surface area contributed by atoms with E-state index in [1.165, 1.54) is 18.2 Å². The Hall–Kier alpha value is -1.62. The Balaban J connectivity index is 3.37. The molecule has 0 atom stereocenters. The average Bonchev–Trinajstić information content (AvgIpc) is 2.17. The lowest BCUT2D eigenvalue weighted by atomic mass is 9.93. The number of benzene rings is 1. The summed E-state index contributed by atoms with van der Waals surface area (Å²) in [6.45, 7) is 3.63. The summed E-state index contributed by atoms with van der Waals surface area (Å²) in [6, 6.07) is 4.03. The third-order valence-corrected chi connectivity index (χ3v) is 2.48. The van der Waals surface area contributed by atoms with Gasteiger partial charge in [0.05, 0.1) is 10.5 Å². The van der Waals surface area contributed by atoms with Gasteiger partial charge in [0.2, 0.25) is 0 Å². The maximum Gasteiger partial charge on any atom is 0.274 e. The number of nitro benzene ring substituents is 1. The first kappa shape index (κ1) is 11.5. The average molecular weight is 210 g/mol. The number of nitrogens with one attached hydrogen (secondary N) is 1. The molecule has 0 bridgehead atoms. The largest absolute Gasteiger partial charge is 0.508 e. The van der Waals surface area contributed by atoms with Gasteiger partial charge in [-0.05, 0) is 33.0 Å². The van der Waals surface area contributed by atoms with Crippen molar-refractivity contribution in [2.24, 2.45) is 0 Å². The fourth-order valence-electron chi connectivity index (χ4n) is 1.32. The Bertz CT molecular complexity index is 388. The summed E-state index contributed by atoms with van der Waals surface area (Å²) in [5.41, 5.74) is -0.0802. The van der Waals surface area contributed by atoms with E-state index in [9.17, 15) is 15.2 Å². The first-order valence-electron chi connectivity index (χ1n) is 4.55. The van der Waals surface area contributed by atoms with Crippen molar-refractivity contribution in [3.63, 3.8) is 0 Å². The van der Waals surface area contributed by atoms with E-state index in [4.69, 9.17) is 0 Å². The van der Waals surface area contributed by atoms with Crippen LogP contribution in [-0.2, 0) is 5.54 Å². The minimum absolute atomic E-state index is 0.00662. The number of nitro groups is 1. The third kappa shape index (κ3) is 2.24. The van der Waals surface area contributed by atoms with Gasteiger partial charge in [-0.1, -0.05) is 0 Å². The smallest absolute Gasteiger partial charge is 0.274 e. The number of rotatable bonds is 3. The van der Waals surface area contributed by atoms with Crippen LogP contribution in [0, 0.1) is 10.1 Å². The number of phenols is 1. The van der Waals surface area contributed by atoms with Crippen molar-refractivity contribution < 1.29 is 10.0 Å². The van der Waals surface area contributed by atoms with Gasteiger partial charge in [0.1, 0.15) is 5.75 Å². The van der Waals surface area contributed by atoms with Gasteiger partial charge in [0.15, 0.2) is 0 Å². The van der Waals surface area contributed by atoms with Gasteiger partial charge in [0.25, 0.3) is 5.69 Å². The van der Waals surface area contributed by atoms with Gasteiger partial charge < -0.3 is 10.4 Å². The molecule has 0 aliphatic heterocycles. The summed E-state index contributed by atoms with van der Waals surface area (Å²) in [5, 5.41) is 23.1. The SMILES string of the molecule is CNC(C)(C)c1cc(O)ccc1[N+](=O)[O-]. The Morgan fingerprint density at radius 3 is 2.53 bits per heavy atom. The topological polar surface area (TPSA) is 75.4 Å². The summed E-state index contributed by atoms with van der Waals surface area (Å²) in [5.74, 6) is 0.0268. The van der Waals surface area contributed by atoms with Gasteiger partial charge in [-0.15, -0.1) is 0 Å². The van der Waals surface area contributed by atoms with E-state index < -0.39 is 10.5 Å². The molecule has 1 aromatic rings. The Kier molecular flexibility index (Phi) is 2.95. The van der Waals surface area contributed by atoms with E-state index in [2.05, 4.69) is 5.32 Å². The molecule has 82 valence electrons. The van der Waals surface area contributed by atoms with Crippen LogP contribution in [0.15, 0.2) is 18.2 Å². The Morgan fingerprint density at radius 1 is 1.47 bits per heavy atom. The van der Waals surface area contributed by atoms with Crippen LogP contribution in [0.5, 0.6) is 5.75 Å². The fraction of sp³-hybridized carbons (Fsp3) is 0.400. The maximum atomic E-state index is 10.8. The molecule has 15 heavy (non-hydrogen) atoms. The van der Waals surface area contributed by atoms with Crippen molar-refractivity contribution >= 4 is 5.69 Å². The molecule has 0 aliphatic rings. The van der Waals surface area contributed by atoms with Crippen LogP contribution in [0.3, 0.4) is 0 Å². The molecular weight excluding hydrogens is 196 g/mol. The summed E-state index contributed by atoms with van der Waals surface area (Å²) < 4.78 is 0. The fourth-order valence-corrected chi connectivity index (χ4v) is 1.32. The molecule has 1 rings (SSSR count). The van der Waals surface area contributed by atoms with Crippen molar-refractivity contribution in [1.82, 2.24) is 5.32 Å². The molecular formula is C10H14N2O3. The maximum absolute atomic E-state index is 10.8. The van der Waals surface area contributed by atoms with E-state index in [-0.39, 0.29) is 11.4 Å². The van der Waals surface area contributed by atoms with Crippen LogP contribution in [-0.4, -0.2) is 17.1 Å². The van der Waals surface area contributed by atoms with E-state index in [1.807, 2.05) is 13.8 Å². The normalized spacial score (nSPS) is 11.4. The number of hydrogen-bond donors (Lipinski definition) is 2. The summed E-state index contributed by atoms with van der Waals surface area (Å²) in [7, 11) is 1.72. The predicted molar refractivity (Wildman–Crippen MR) is 56.8 cm³/mol. The van der Waals surface area contributed by atoms with E-state index in [1.54, 1.807) is 7.05 Å². The molecule has 5 nitrogen and oxygen atoms in total. The molecule has 0 spiro atoms. The molecule has 0 aliphatic carbocycles. The van der Waals surface area contributed by atoms with Crippen LogP contribution in [0.25, 0.3) is 0 Å². The summed E-state index contributed by atoms with van der Waals surface area (Å²) in [4.78, 5) is 10.3. The number of hydrogen-bond acceptors (Lipinski definition) is 4. The predicted octanol–water partition coefficient (Wildman–Crippen LogP) is 1.75. The molecule has 2 N–H and O–H groups in total. The van der Waals surface area contributed by atoms with Gasteiger partial charge in [-0.2, -0.15) is 0 Å².